The lowest BCUT2D eigenvalue weighted by Gasteiger charge is -2.33. The molecule has 4 aromatic rings. The maximum absolute atomic E-state index is 14.3. The lowest BCUT2D eigenvalue weighted by atomic mass is 9.87. The number of alkyl halides is 1. The van der Waals surface area contributed by atoms with Crippen LogP contribution in [-0.4, -0.2) is 79.5 Å². The predicted octanol–water partition coefficient (Wildman–Crippen LogP) is 4.23. The number of fused-ring (bicyclic) bond motifs is 2. The minimum absolute atomic E-state index is 0.223. The van der Waals surface area contributed by atoms with Gasteiger partial charge in [0, 0.05) is 20.1 Å². The SMILES string of the molecule is CC(C)C1CCN(Cc2nc3c(N4CCOCC4)nc(-n4c([C@H]5C[C@@H]5F)nc5ccccc54)nc3n2C)CC1. The Bertz CT molecular complexity index is 1500. The van der Waals surface area contributed by atoms with Crippen molar-refractivity contribution in [3.05, 3.63) is 35.9 Å². The number of anilines is 1. The minimum Gasteiger partial charge on any atom is -0.378 e. The average molecular weight is 533 g/mol. The summed E-state index contributed by atoms with van der Waals surface area (Å²) < 4.78 is 24.1. The molecule has 0 spiro atoms. The maximum atomic E-state index is 14.3. The van der Waals surface area contributed by atoms with Crippen LogP contribution in [0.3, 0.4) is 0 Å². The van der Waals surface area contributed by atoms with Crippen LogP contribution in [-0.2, 0) is 18.3 Å². The Hall–Kier alpha value is -3.11. The zero-order valence-corrected chi connectivity index (χ0v) is 23.1. The van der Waals surface area contributed by atoms with Gasteiger partial charge < -0.3 is 14.2 Å². The summed E-state index contributed by atoms with van der Waals surface area (Å²) in [5.74, 6) is 4.35. The highest BCUT2D eigenvalue weighted by molar-refractivity contribution is 5.86. The molecule has 0 N–H and O–H groups in total. The molecule has 2 atom stereocenters. The van der Waals surface area contributed by atoms with Gasteiger partial charge in [-0.15, -0.1) is 0 Å². The van der Waals surface area contributed by atoms with E-state index in [2.05, 4.69) is 35.3 Å². The molecule has 0 amide bonds. The van der Waals surface area contributed by atoms with E-state index in [4.69, 9.17) is 24.7 Å². The summed E-state index contributed by atoms with van der Waals surface area (Å²) in [5.41, 5.74) is 3.34. The molecule has 1 aromatic carbocycles. The number of para-hydroxylation sites is 2. The molecule has 3 fully saturated rings. The number of likely N-dealkylation sites (tertiary alicyclic amines) is 1. The Morgan fingerprint density at radius 3 is 2.46 bits per heavy atom. The number of ether oxygens (including phenoxy) is 1. The Kier molecular flexibility index (Phi) is 6.27. The number of aryl methyl sites for hydroxylation is 1. The van der Waals surface area contributed by atoms with Crippen molar-refractivity contribution in [2.75, 3.05) is 44.3 Å². The standard InChI is InChI=1S/C29H37FN8O/c1-18(2)19-8-10-36(11-9-19)17-24-32-25-27(35(24)3)33-29(34-28(25)37-12-14-39-15-13-37)38-23-7-5-4-6-22(23)31-26(38)20-16-21(20)30/h4-7,18-21H,8-17H2,1-3H3/t20-,21-/m0/s1. The molecular formula is C29H37FN8O. The third kappa shape index (κ3) is 4.47. The zero-order valence-electron chi connectivity index (χ0n) is 23.1. The van der Waals surface area contributed by atoms with E-state index in [9.17, 15) is 4.39 Å². The van der Waals surface area contributed by atoms with Crippen LogP contribution in [0.25, 0.3) is 28.1 Å². The van der Waals surface area contributed by atoms with E-state index in [1.54, 1.807) is 0 Å². The highest BCUT2D eigenvalue weighted by Gasteiger charge is 2.43. The molecule has 2 saturated heterocycles. The van der Waals surface area contributed by atoms with E-state index in [0.717, 1.165) is 78.4 Å². The van der Waals surface area contributed by atoms with Crippen molar-refractivity contribution in [3.8, 4) is 5.95 Å². The molecule has 3 aliphatic rings. The second-order valence-electron chi connectivity index (χ2n) is 11.7. The molecule has 9 nitrogen and oxygen atoms in total. The van der Waals surface area contributed by atoms with Crippen molar-refractivity contribution in [1.82, 2.24) is 34.0 Å². The molecule has 3 aromatic heterocycles. The average Bonchev–Trinajstić information content (AvgIpc) is 3.43. The van der Waals surface area contributed by atoms with Crippen molar-refractivity contribution in [2.24, 2.45) is 18.9 Å². The van der Waals surface area contributed by atoms with Crippen LogP contribution in [0.5, 0.6) is 0 Å². The third-order valence-electron chi connectivity index (χ3n) is 8.86. The van der Waals surface area contributed by atoms with Crippen LogP contribution in [0.4, 0.5) is 10.2 Å². The van der Waals surface area contributed by atoms with Crippen LogP contribution in [0.1, 0.15) is 50.7 Å². The Morgan fingerprint density at radius 2 is 1.74 bits per heavy atom. The van der Waals surface area contributed by atoms with Crippen molar-refractivity contribution in [3.63, 3.8) is 0 Å². The van der Waals surface area contributed by atoms with Gasteiger partial charge in [0.1, 0.15) is 17.8 Å². The van der Waals surface area contributed by atoms with Crippen molar-refractivity contribution in [1.29, 1.82) is 0 Å². The van der Waals surface area contributed by atoms with E-state index in [1.165, 1.54) is 12.8 Å². The number of nitrogens with zero attached hydrogens (tertiary/aromatic N) is 8. The summed E-state index contributed by atoms with van der Waals surface area (Å²) in [4.78, 5) is 24.9. The molecule has 5 heterocycles. The second kappa shape index (κ2) is 9.82. The molecule has 206 valence electrons. The van der Waals surface area contributed by atoms with Gasteiger partial charge in [0.05, 0.1) is 36.7 Å². The van der Waals surface area contributed by atoms with Gasteiger partial charge in [-0.25, -0.2) is 14.4 Å². The largest absolute Gasteiger partial charge is 0.378 e. The quantitative estimate of drug-likeness (QED) is 0.368. The Balaban J connectivity index is 1.33. The van der Waals surface area contributed by atoms with Gasteiger partial charge in [0.2, 0.25) is 5.95 Å². The van der Waals surface area contributed by atoms with Gasteiger partial charge in [0.25, 0.3) is 0 Å². The molecular weight excluding hydrogens is 495 g/mol. The number of morpholine rings is 1. The van der Waals surface area contributed by atoms with Gasteiger partial charge in [-0.3, -0.25) is 9.47 Å². The fourth-order valence-electron chi connectivity index (χ4n) is 6.23. The fraction of sp³-hybridized carbons (Fsp3) is 0.586. The van der Waals surface area contributed by atoms with Crippen LogP contribution in [0.2, 0.25) is 0 Å². The number of hydrogen-bond donors (Lipinski definition) is 0. The molecule has 0 bridgehead atoms. The minimum atomic E-state index is -0.869. The lowest BCUT2D eigenvalue weighted by molar-refractivity contribution is 0.122. The van der Waals surface area contributed by atoms with Gasteiger partial charge in [-0.1, -0.05) is 26.0 Å². The molecule has 7 rings (SSSR count). The first-order chi connectivity index (χ1) is 19.0. The van der Waals surface area contributed by atoms with Crippen LogP contribution in [0.15, 0.2) is 24.3 Å². The lowest BCUT2D eigenvalue weighted by Crippen LogP contribution is -2.37. The molecule has 1 saturated carbocycles. The summed E-state index contributed by atoms with van der Waals surface area (Å²) in [6, 6.07) is 7.93. The number of halogens is 1. The van der Waals surface area contributed by atoms with Crippen molar-refractivity contribution in [2.45, 2.75) is 51.7 Å². The monoisotopic (exact) mass is 532 g/mol. The van der Waals surface area contributed by atoms with Crippen LogP contribution >= 0.6 is 0 Å². The van der Waals surface area contributed by atoms with E-state index >= 15 is 0 Å². The Morgan fingerprint density at radius 1 is 1.00 bits per heavy atom. The van der Waals surface area contributed by atoms with Gasteiger partial charge in [0.15, 0.2) is 17.0 Å². The number of benzene rings is 1. The third-order valence-corrected chi connectivity index (χ3v) is 8.86. The molecule has 0 radical (unpaired) electrons. The van der Waals surface area contributed by atoms with Crippen LogP contribution in [0, 0.1) is 11.8 Å². The highest BCUT2D eigenvalue weighted by Crippen LogP contribution is 2.44. The number of hydrogen-bond acceptors (Lipinski definition) is 7. The number of imidazole rings is 2. The topological polar surface area (TPSA) is 77.1 Å². The maximum Gasteiger partial charge on any atom is 0.239 e. The molecule has 2 aliphatic heterocycles. The van der Waals surface area contributed by atoms with E-state index in [1.807, 2.05) is 28.8 Å². The van der Waals surface area contributed by atoms with Gasteiger partial charge in [-0.05, 0) is 56.3 Å². The Labute approximate surface area is 228 Å². The number of aromatic nitrogens is 6. The van der Waals surface area contributed by atoms with Gasteiger partial charge >= 0.3 is 0 Å². The fourth-order valence-corrected chi connectivity index (χ4v) is 6.23. The molecule has 39 heavy (non-hydrogen) atoms. The van der Waals surface area contributed by atoms with Crippen LogP contribution < -0.4 is 4.90 Å². The summed E-state index contributed by atoms with van der Waals surface area (Å²) in [5, 5.41) is 0. The number of rotatable bonds is 6. The predicted molar refractivity (Wildman–Crippen MR) is 149 cm³/mol. The normalized spacial score (nSPS) is 22.9. The summed E-state index contributed by atoms with van der Waals surface area (Å²) >= 11 is 0. The van der Waals surface area contributed by atoms with E-state index < -0.39 is 6.17 Å². The summed E-state index contributed by atoms with van der Waals surface area (Å²) in [6.45, 7) is 10.4. The number of piperidine rings is 1. The molecule has 1 aliphatic carbocycles. The highest BCUT2D eigenvalue weighted by atomic mass is 19.1. The second-order valence-corrected chi connectivity index (χ2v) is 11.7. The first-order valence-electron chi connectivity index (χ1n) is 14.4. The zero-order chi connectivity index (χ0) is 26.7. The van der Waals surface area contributed by atoms with E-state index in [-0.39, 0.29) is 5.92 Å². The van der Waals surface area contributed by atoms with Crippen molar-refractivity contribution < 1.29 is 9.13 Å². The molecule has 0 unspecified atom stereocenters. The van der Waals surface area contributed by atoms with E-state index in [0.29, 0.717) is 31.4 Å². The van der Waals surface area contributed by atoms with Gasteiger partial charge in [-0.2, -0.15) is 9.97 Å². The molecule has 10 heteroatoms. The van der Waals surface area contributed by atoms with Crippen molar-refractivity contribution >= 4 is 28.0 Å². The summed E-state index contributed by atoms with van der Waals surface area (Å²) in [7, 11) is 2.05. The first-order valence-corrected chi connectivity index (χ1v) is 14.4. The smallest absolute Gasteiger partial charge is 0.239 e. The first kappa shape index (κ1) is 24.9. The summed E-state index contributed by atoms with van der Waals surface area (Å²) in [6.07, 6.45) is 2.09.